The van der Waals surface area contributed by atoms with Gasteiger partial charge in [0.25, 0.3) is 0 Å². The smallest absolute Gasteiger partial charge is 0.331 e. The van der Waals surface area contributed by atoms with E-state index >= 15 is 0 Å². The van der Waals surface area contributed by atoms with E-state index in [1.165, 1.54) is 6.08 Å². The first-order valence-corrected chi connectivity index (χ1v) is 17.0. The number of carbonyl (C=O) groups excluding carboxylic acids is 2. The molecule has 4 fully saturated rings. The van der Waals surface area contributed by atoms with Gasteiger partial charge in [-0.25, -0.2) is 4.79 Å². The number of hydrogen-bond acceptors (Lipinski definition) is 11. The van der Waals surface area contributed by atoms with Crippen molar-refractivity contribution in [1.29, 1.82) is 0 Å². The van der Waals surface area contributed by atoms with Gasteiger partial charge in [-0.05, 0) is 61.5 Å². The number of fused-ring (bicyclic) bond motifs is 1. The minimum atomic E-state index is -1.60. The number of aldehydes is 1. The van der Waals surface area contributed by atoms with E-state index in [0.29, 0.717) is 25.9 Å². The summed E-state index contributed by atoms with van der Waals surface area (Å²) >= 11 is 0. The molecular formula is C36H52O11. The SMILES string of the molecule is CO[C@@H]1OCC[C@@H]1CC[C@@]1(C)[C@H](C)C[C@H](O[C@@H]2O[C@H](CO)[C@@H](O)[C@H](O)[C@H]2O)[C@@]2(C)[C@H](C=O)CC[C@@H](OC(=O)/C=C\c3ccccc3)[C@H]12. The van der Waals surface area contributed by atoms with Crippen LogP contribution in [0.3, 0.4) is 0 Å². The Kier molecular flexibility index (Phi) is 11.6. The molecule has 47 heavy (non-hydrogen) atoms. The topological polar surface area (TPSA) is 161 Å². The first-order valence-electron chi connectivity index (χ1n) is 17.0. The van der Waals surface area contributed by atoms with Crippen LogP contribution in [0.1, 0.15) is 64.9 Å². The fourth-order valence-corrected chi connectivity index (χ4v) is 9.03. The third-order valence-corrected chi connectivity index (χ3v) is 11.9. The second-order valence-electron chi connectivity index (χ2n) is 14.4. The first kappa shape index (κ1) is 36.1. The number of ether oxygens (including phenoxy) is 5. The summed E-state index contributed by atoms with van der Waals surface area (Å²) in [4.78, 5) is 26.2. The Hall–Kier alpha value is -2.22. The summed E-state index contributed by atoms with van der Waals surface area (Å²) in [5, 5.41) is 41.5. The van der Waals surface area contributed by atoms with Gasteiger partial charge in [0, 0.05) is 36.4 Å². The van der Waals surface area contributed by atoms with Gasteiger partial charge in [-0.3, -0.25) is 0 Å². The summed E-state index contributed by atoms with van der Waals surface area (Å²) in [5.41, 5.74) is -0.392. The fourth-order valence-electron chi connectivity index (χ4n) is 9.03. The zero-order valence-corrected chi connectivity index (χ0v) is 27.9. The maximum absolute atomic E-state index is 13.4. The molecule has 1 aromatic rings. The van der Waals surface area contributed by atoms with Gasteiger partial charge in [0.1, 0.15) is 36.8 Å². The number of aliphatic hydroxyl groups excluding tert-OH is 4. The van der Waals surface area contributed by atoms with Crippen LogP contribution in [0.15, 0.2) is 36.4 Å². The summed E-state index contributed by atoms with van der Waals surface area (Å²) < 4.78 is 30.0. The number of rotatable bonds is 11. The zero-order chi connectivity index (χ0) is 33.9. The van der Waals surface area contributed by atoms with Crippen molar-refractivity contribution in [1.82, 2.24) is 0 Å². The molecule has 2 saturated carbocycles. The van der Waals surface area contributed by atoms with Crippen molar-refractivity contribution in [2.45, 2.75) is 108 Å². The minimum absolute atomic E-state index is 0.0187. The molecule has 2 heterocycles. The van der Waals surface area contributed by atoms with Crippen LogP contribution in [-0.2, 0) is 33.3 Å². The summed E-state index contributed by atoms with van der Waals surface area (Å²) in [6, 6.07) is 9.49. The van der Waals surface area contributed by atoms with E-state index in [1.54, 1.807) is 13.2 Å². The van der Waals surface area contributed by atoms with Crippen molar-refractivity contribution in [2.24, 2.45) is 34.5 Å². The molecule has 4 aliphatic rings. The van der Waals surface area contributed by atoms with Crippen molar-refractivity contribution in [2.75, 3.05) is 20.3 Å². The minimum Gasteiger partial charge on any atom is -0.459 e. The molecular weight excluding hydrogens is 608 g/mol. The maximum atomic E-state index is 13.4. The van der Waals surface area contributed by atoms with E-state index < -0.39 is 72.2 Å². The lowest BCUT2D eigenvalue weighted by molar-refractivity contribution is -0.337. The molecule has 0 spiro atoms. The van der Waals surface area contributed by atoms with E-state index in [2.05, 4.69) is 13.8 Å². The summed E-state index contributed by atoms with van der Waals surface area (Å²) in [6.07, 6.45) is -0.570. The molecule has 0 aromatic heterocycles. The molecule has 0 amide bonds. The van der Waals surface area contributed by atoms with Gasteiger partial charge < -0.3 is 48.9 Å². The summed E-state index contributed by atoms with van der Waals surface area (Å²) in [6.45, 7) is 6.42. The highest BCUT2D eigenvalue weighted by atomic mass is 16.7. The van der Waals surface area contributed by atoms with Gasteiger partial charge in [0.2, 0.25) is 0 Å². The van der Waals surface area contributed by atoms with E-state index in [4.69, 9.17) is 23.7 Å². The van der Waals surface area contributed by atoms with Crippen LogP contribution in [0.5, 0.6) is 0 Å². The van der Waals surface area contributed by atoms with Crippen molar-refractivity contribution in [3.8, 4) is 0 Å². The van der Waals surface area contributed by atoms with Gasteiger partial charge >= 0.3 is 5.97 Å². The van der Waals surface area contributed by atoms with E-state index in [1.807, 2.05) is 37.3 Å². The number of aliphatic hydroxyl groups is 4. The van der Waals surface area contributed by atoms with Gasteiger partial charge in [-0.2, -0.15) is 0 Å². The van der Waals surface area contributed by atoms with Crippen molar-refractivity contribution in [3.63, 3.8) is 0 Å². The standard InChI is InChI=1S/C36H52O11/c1-21-18-27(47-34-31(42)30(41)29(40)26(20-38)46-34)36(3)24(19-37)11-12-25(45-28(39)13-10-22-8-6-5-7-9-22)32(36)35(21,2)16-14-23-15-17-44-33(23)43-4/h5-10,13,19,21,23-27,29-34,38,40-42H,11-12,14-18,20H2,1-4H3/b13-10-/t21-,23+,24+,25-,26-,27+,29-,30+,31-,32-,33-,34+,35+,36-/m1/s1. The molecule has 14 atom stereocenters. The summed E-state index contributed by atoms with van der Waals surface area (Å²) in [5.74, 6) is -1.02. The van der Waals surface area contributed by atoms with E-state index in [-0.39, 0.29) is 24.0 Å². The fraction of sp³-hybridized carbons (Fsp3) is 0.722. The largest absolute Gasteiger partial charge is 0.459 e. The van der Waals surface area contributed by atoms with Gasteiger partial charge in [-0.15, -0.1) is 0 Å². The van der Waals surface area contributed by atoms with Crippen molar-refractivity contribution in [3.05, 3.63) is 42.0 Å². The normalized spacial score (nSPS) is 43.8. The number of methoxy groups -OCH3 is 1. The molecule has 5 rings (SSSR count). The van der Waals surface area contributed by atoms with Crippen molar-refractivity contribution < 1.29 is 53.7 Å². The number of benzene rings is 1. The van der Waals surface area contributed by atoms with Crippen LogP contribution in [0.25, 0.3) is 6.08 Å². The van der Waals surface area contributed by atoms with Gasteiger partial charge in [0.15, 0.2) is 12.6 Å². The Balaban J connectivity index is 1.48. The molecule has 0 bridgehead atoms. The lowest BCUT2D eigenvalue weighted by Crippen LogP contribution is -2.67. The zero-order valence-electron chi connectivity index (χ0n) is 27.9. The van der Waals surface area contributed by atoms with Crippen LogP contribution >= 0.6 is 0 Å². The molecule has 1 aromatic carbocycles. The van der Waals surface area contributed by atoms with Crippen LogP contribution in [0.2, 0.25) is 0 Å². The Morgan fingerprint density at radius 3 is 2.47 bits per heavy atom. The highest BCUT2D eigenvalue weighted by Gasteiger charge is 2.65. The van der Waals surface area contributed by atoms with Gasteiger partial charge in [-0.1, -0.05) is 51.1 Å². The highest BCUT2D eigenvalue weighted by molar-refractivity contribution is 5.87. The second kappa shape index (κ2) is 15.1. The Labute approximate surface area is 277 Å². The van der Waals surface area contributed by atoms with E-state index in [9.17, 15) is 30.0 Å². The average molecular weight is 661 g/mol. The third kappa shape index (κ3) is 7.10. The average Bonchev–Trinajstić information content (AvgIpc) is 3.54. The monoisotopic (exact) mass is 660 g/mol. The van der Waals surface area contributed by atoms with Gasteiger partial charge in [0.05, 0.1) is 19.3 Å². The molecule has 0 radical (unpaired) electrons. The number of esters is 1. The van der Waals surface area contributed by atoms with Crippen LogP contribution in [-0.4, -0.2) is 102 Å². The molecule has 2 saturated heterocycles. The Morgan fingerprint density at radius 1 is 1.04 bits per heavy atom. The third-order valence-electron chi connectivity index (χ3n) is 11.9. The lowest BCUT2D eigenvalue weighted by Gasteiger charge is -2.64. The number of carbonyl (C=O) groups is 2. The molecule has 0 unspecified atom stereocenters. The Morgan fingerprint density at radius 2 is 1.79 bits per heavy atom. The quantitative estimate of drug-likeness (QED) is 0.157. The van der Waals surface area contributed by atoms with Crippen molar-refractivity contribution >= 4 is 18.3 Å². The predicted octanol–water partition coefficient (Wildman–Crippen LogP) is 2.86. The van der Waals surface area contributed by atoms with Crippen LogP contribution < -0.4 is 0 Å². The molecule has 11 nitrogen and oxygen atoms in total. The lowest BCUT2D eigenvalue weighted by atomic mass is 9.43. The number of hydrogen-bond donors (Lipinski definition) is 4. The predicted molar refractivity (Wildman–Crippen MR) is 170 cm³/mol. The molecule has 2 aliphatic heterocycles. The summed E-state index contributed by atoms with van der Waals surface area (Å²) in [7, 11) is 1.65. The highest BCUT2D eigenvalue weighted by Crippen LogP contribution is 2.64. The second-order valence-corrected chi connectivity index (χ2v) is 14.4. The first-order chi connectivity index (χ1) is 22.5. The van der Waals surface area contributed by atoms with Crippen LogP contribution in [0.4, 0.5) is 0 Å². The molecule has 262 valence electrons. The van der Waals surface area contributed by atoms with Crippen LogP contribution in [0, 0.1) is 34.5 Å². The van der Waals surface area contributed by atoms with E-state index in [0.717, 1.165) is 31.1 Å². The maximum Gasteiger partial charge on any atom is 0.331 e. The molecule has 11 heteroatoms. The molecule has 2 aliphatic carbocycles. The Bertz CT molecular complexity index is 1220. The molecule has 4 N–H and O–H groups in total.